The molecular weight excluding hydrogens is 841 g/mol. The molecule has 0 fully saturated rings. The third-order valence-electron chi connectivity index (χ3n) is 14.6. The van der Waals surface area contributed by atoms with Gasteiger partial charge in [-0.3, -0.25) is 14.4 Å². The fourth-order valence-corrected chi connectivity index (χ4v) is 9.55. The number of ether oxygens (including phenoxy) is 3. The maximum atomic E-state index is 12.8. The van der Waals surface area contributed by atoms with E-state index >= 15 is 0 Å². The van der Waals surface area contributed by atoms with Crippen molar-refractivity contribution in [3.63, 3.8) is 0 Å². The predicted molar refractivity (Wildman–Crippen MR) is 293 cm³/mol. The Hall–Kier alpha value is -1.59. The van der Waals surface area contributed by atoms with Gasteiger partial charge >= 0.3 is 17.9 Å². The molecule has 1 unspecified atom stereocenters. The van der Waals surface area contributed by atoms with Crippen LogP contribution in [0.5, 0.6) is 0 Å². The molecule has 0 radical (unpaired) electrons. The number of rotatable bonds is 56. The summed E-state index contributed by atoms with van der Waals surface area (Å²) in [4.78, 5) is 38.0. The van der Waals surface area contributed by atoms with Gasteiger partial charge in [0.2, 0.25) is 0 Å². The number of carbonyl (C=O) groups is 3. The average Bonchev–Trinajstić information content (AvgIpc) is 3.32. The number of esters is 3. The minimum absolute atomic E-state index is 0.0627. The van der Waals surface area contributed by atoms with Crippen LogP contribution in [-0.2, 0) is 28.6 Å². The van der Waals surface area contributed by atoms with Gasteiger partial charge in [0.15, 0.2) is 6.10 Å². The standard InChI is InChI=1S/C62H120O6/c1-6-8-9-10-35-42-47-52-60(63)66-55-59(68-62(65)54-49-44-39-34-30-26-22-18-13-11-15-19-23-27-31-36-40-45-50-57(3)4)56-67-61(64)53-48-43-38-33-29-25-21-17-14-12-16-20-24-28-32-37-41-46-51-58(5)7-2/h57-59H,6-56H2,1-5H3/t58?,59-/m1/s1. The summed E-state index contributed by atoms with van der Waals surface area (Å²) < 4.78 is 16.8. The van der Waals surface area contributed by atoms with Crippen molar-refractivity contribution in [1.29, 1.82) is 0 Å². The van der Waals surface area contributed by atoms with Crippen molar-refractivity contribution in [3.8, 4) is 0 Å². The molecule has 0 aliphatic rings. The molecular formula is C62H120O6. The van der Waals surface area contributed by atoms with Crippen LogP contribution in [0.1, 0.15) is 349 Å². The van der Waals surface area contributed by atoms with E-state index in [1.807, 2.05) is 0 Å². The summed E-state index contributed by atoms with van der Waals surface area (Å²) in [6, 6.07) is 0. The minimum atomic E-state index is -0.761. The van der Waals surface area contributed by atoms with Gasteiger partial charge in [-0.2, -0.15) is 0 Å². The molecule has 6 nitrogen and oxygen atoms in total. The molecule has 0 amide bonds. The first kappa shape index (κ1) is 66.4. The first-order valence-electron chi connectivity index (χ1n) is 30.8. The van der Waals surface area contributed by atoms with E-state index in [0.29, 0.717) is 19.3 Å². The highest BCUT2D eigenvalue weighted by Gasteiger charge is 2.19. The molecule has 0 aliphatic carbocycles. The predicted octanol–water partition coefficient (Wildman–Crippen LogP) is 20.4. The summed E-state index contributed by atoms with van der Waals surface area (Å²) >= 11 is 0. The smallest absolute Gasteiger partial charge is 0.306 e. The van der Waals surface area contributed by atoms with Crippen molar-refractivity contribution >= 4 is 17.9 Å². The topological polar surface area (TPSA) is 78.9 Å². The van der Waals surface area contributed by atoms with Crippen LogP contribution >= 0.6 is 0 Å². The largest absolute Gasteiger partial charge is 0.462 e. The first-order chi connectivity index (χ1) is 33.3. The van der Waals surface area contributed by atoms with Crippen LogP contribution in [-0.4, -0.2) is 37.2 Å². The van der Waals surface area contributed by atoms with E-state index in [9.17, 15) is 14.4 Å². The zero-order chi connectivity index (χ0) is 49.6. The monoisotopic (exact) mass is 961 g/mol. The van der Waals surface area contributed by atoms with E-state index in [4.69, 9.17) is 14.2 Å². The van der Waals surface area contributed by atoms with Crippen LogP contribution < -0.4 is 0 Å². The second-order valence-corrected chi connectivity index (χ2v) is 22.1. The third-order valence-corrected chi connectivity index (χ3v) is 14.6. The van der Waals surface area contributed by atoms with Gasteiger partial charge in [-0.15, -0.1) is 0 Å². The Kier molecular flexibility index (Phi) is 53.5. The van der Waals surface area contributed by atoms with E-state index < -0.39 is 6.10 Å². The molecule has 0 aromatic rings. The van der Waals surface area contributed by atoms with E-state index in [1.165, 1.54) is 238 Å². The second-order valence-electron chi connectivity index (χ2n) is 22.1. The normalized spacial score (nSPS) is 12.4. The van der Waals surface area contributed by atoms with Crippen LogP contribution in [0, 0.1) is 11.8 Å². The molecule has 0 saturated heterocycles. The maximum Gasteiger partial charge on any atom is 0.306 e. The molecule has 0 heterocycles. The molecule has 0 rings (SSSR count). The molecule has 0 aromatic heterocycles. The Morgan fingerprint density at radius 2 is 0.559 bits per heavy atom. The van der Waals surface area contributed by atoms with Crippen molar-refractivity contribution in [3.05, 3.63) is 0 Å². The van der Waals surface area contributed by atoms with E-state index in [-0.39, 0.29) is 31.1 Å². The summed E-state index contributed by atoms with van der Waals surface area (Å²) in [5, 5.41) is 0. The van der Waals surface area contributed by atoms with Crippen LogP contribution in [0.4, 0.5) is 0 Å². The van der Waals surface area contributed by atoms with Crippen LogP contribution in [0.3, 0.4) is 0 Å². The summed E-state index contributed by atoms with van der Waals surface area (Å²) in [6.07, 6.45) is 59.8. The zero-order valence-electron chi connectivity index (χ0n) is 46.7. The second kappa shape index (κ2) is 54.7. The quantitative estimate of drug-likeness (QED) is 0.0343. The number of hydrogen-bond donors (Lipinski definition) is 0. The molecule has 0 aliphatic heterocycles. The molecule has 2 atom stereocenters. The fourth-order valence-electron chi connectivity index (χ4n) is 9.55. The highest BCUT2D eigenvalue weighted by molar-refractivity contribution is 5.71. The molecule has 0 bridgehead atoms. The molecule has 0 spiro atoms. The molecule has 0 saturated carbocycles. The highest BCUT2D eigenvalue weighted by atomic mass is 16.6. The van der Waals surface area contributed by atoms with Crippen molar-refractivity contribution in [2.45, 2.75) is 355 Å². The Morgan fingerprint density at radius 1 is 0.309 bits per heavy atom. The summed E-state index contributed by atoms with van der Waals surface area (Å²) in [5.41, 5.74) is 0. The van der Waals surface area contributed by atoms with Gasteiger partial charge in [0.1, 0.15) is 13.2 Å². The number of unbranched alkanes of at least 4 members (excludes halogenated alkanes) is 40. The SMILES string of the molecule is CCCCCCCCCC(=O)OC[C@H](COC(=O)CCCCCCCCCCCCCCCCCCCCC(C)CC)OC(=O)CCCCCCCCCCCCCCCCCCCCC(C)C. The highest BCUT2D eigenvalue weighted by Crippen LogP contribution is 2.19. The lowest BCUT2D eigenvalue weighted by molar-refractivity contribution is -0.167. The summed E-state index contributed by atoms with van der Waals surface area (Å²) in [5.74, 6) is 0.925. The fraction of sp³-hybridized carbons (Fsp3) is 0.952. The van der Waals surface area contributed by atoms with E-state index in [0.717, 1.165) is 69.6 Å². The molecule has 0 N–H and O–H groups in total. The molecule has 68 heavy (non-hydrogen) atoms. The lowest BCUT2D eigenvalue weighted by Crippen LogP contribution is -2.30. The maximum absolute atomic E-state index is 12.8. The van der Waals surface area contributed by atoms with Gasteiger partial charge in [-0.1, -0.05) is 311 Å². The van der Waals surface area contributed by atoms with Gasteiger partial charge in [0, 0.05) is 19.3 Å². The van der Waals surface area contributed by atoms with E-state index in [1.54, 1.807) is 0 Å². The molecule has 404 valence electrons. The van der Waals surface area contributed by atoms with Crippen molar-refractivity contribution in [2.75, 3.05) is 13.2 Å². The van der Waals surface area contributed by atoms with Crippen LogP contribution in [0.15, 0.2) is 0 Å². The van der Waals surface area contributed by atoms with Crippen molar-refractivity contribution < 1.29 is 28.6 Å². The Labute approximate surface area is 425 Å². The van der Waals surface area contributed by atoms with Gasteiger partial charge in [-0.25, -0.2) is 0 Å². The number of carbonyl (C=O) groups excluding carboxylic acids is 3. The van der Waals surface area contributed by atoms with Gasteiger partial charge in [0.25, 0.3) is 0 Å². The minimum Gasteiger partial charge on any atom is -0.462 e. The van der Waals surface area contributed by atoms with Crippen molar-refractivity contribution in [2.24, 2.45) is 11.8 Å². The van der Waals surface area contributed by atoms with Crippen molar-refractivity contribution in [1.82, 2.24) is 0 Å². The molecule has 0 aromatic carbocycles. The lowest BCUT2D eigenvalue weighted by atomic mass is 9.99. The van der Waals surface area contributed by atoms with Crippen LogP contribution in [0.2, 0.25) is 0 Å². The summed E-state index contributed by atoms with van der Waals surface area (Å²) in [6.45, 7) is 11.4. The summed E-state index contributed by atoms with van der Waals surface area (Å²) in [7, 11) is 0. The molecule has 6 heteroatoms. The Morgan fingerprint density at radius 3 is 0.838 bits per heavy atom. The average molecular weight is 962 g/mol. The van der Waals surface area contributed by atoms with Gasteiger partial charge in [0.05, 0.1) is 0 Å². The first-order valence-corrected chi connectivity index (χ1v) is 30.8. The Bertz CT molecular complexity index is 1040. The van der Waals surface area contributed by atoms with Crippen LogP contribution in [0.25, 0.3) is 0 Å². The van der Waals surface area contributed by atoms with Gasteiger partial charge in [-0.05, 0) is 31.1 Å². The van der Waals surface area contributed by atoms with E-state index in [2.05, 4.69) is 34.6 Å². The zero-order valence-corrected chi connectivity index (χ0v) is 46.7. The third kappa shape index (κ3) is 53.8. The Balaban J connectivity index is 4.09. The van der Waals surface area contributed by atoms with Gasteiger partial charge < -0.3 is 14.2 Å². The lowest BCUT2D eigenvalue weighted by Gasteiger charge is -2.18. The number of hydrogen-bond acceptors (Lipinski definition) is 6.